The van der Waals surface area contributed by atoms with Gasteiger partial charge >= 0.3 is 0 Å². The molecular weight excluding hydrogens is 328 g/mol. The van der Waals surface area contributed by atoms with Crippen molar-refractivity contribution in [2.45, 2.75) is 20.3 Å². The van der Waals surface area contributed by atoms with Crippen LogP contribution >= 0.6 is 22.9 Å². The molecule has 3 aromatic rings. The number of halogens is 1. The maximum atomic E-state index is 12.7. The number of nitrogens with one attached hydrogen (secondary N) is 1. The third-order valence-electron chi connectivity index (χ3n) is 3.65. The number of aromatic amines is 1. The Morgan fingerprint density at radius 2 is 1.91 bits per heavy atom. The summed E-state index contributed by atoms with van der Waals surface area (Å²) in [6, 6.07) is 10.9. The first-order chi connectivity index (χ1) is 11.0. The van der Waals surface area contributed by atoms with E-state index in [0.29, 0.717) is 27.1 Å². The number of nitrogens with two attached hydrogens (primary N) is 1. The quantitative estimate of drug-likeness (QED) is 0.713. The summed E-state index contributed by atoms with van der Waals surface area (Å²) >= 11 is 7.29. The number of anilines is 1. The van der Waals surface area contributed by atoms with Gasteiger partial charge in [-0.25, -0.2) is 0 Å². The fourth-order valence-electron chi connectivity index (χ4n) is 2.55. The summed E-state index contributed by atoms with van der Waals surface area (Å²) in [7, 11) is 0. The van der Waals surface area contributed by atoms with E-state index in [1.807, 2.05) is 12.1 Å². The third-order valence-corrected chi connectivity index (χ3v) is 5.04. The number of rotatable bonds is 4. The molecule has 0 aliphatic heterocycles. The Labute approximate surface area is 144 Å². The Morgan fingerprint density at radius 1 is 1.22 bits per heavy atom. The minimum absolute atomic E-state index is 0.0702. The monoisotopic (exact) mass is 345 g/mol. The van der Waals surface area contributed by atoms with Crippen molar-refractivity contribution in [3.05, 3.63) is 57.6 Å². The second kappa shape index (κ2) is 6.30. The van der Waals surface area contributed by atoms with Gasteiger partial charge in [-0.15, -0.1) is 0 Å². The van der Waals surface area contributed by atoms with Crippen molar-refractivity contribution in [3.8, 4) is 0 Å². The molecule has 2 heterocycles. The van der Waals surface area contributed by atoms with Gasteiger partial charge in [-0.3, -0.25) is 4.79 Å². The number of carbonyl (C=O) groups excluding carboxylic acids is 1. The summed E-state index contributed by atoms with van der Waals surface area (Å²) in [6.07, 6.45) is 0.966. The first kappa shape index (κ1) is 16.0. The highest BCUT2D eigenvalue weighted by molar-refractivity contribution is 7.21. The van der Waals surface area contributed by atoms with Crippen LogP contribution in [0.5, 0.6) is 0 Å². The highest BCUT2D eigenvalue weighted by Gasteiger charge is 2.22. The predicted octanol–water partition coefficient (Wildman–Crippen LogP) is 4.38. The Morgan fingerprint density at radius 3 is 2.57 bits per heavy atom. The largest absolute Gasteiger partial charge is 0.397 e. The van der Waals surface area contributed by atoms with Crippen LogP contribution in [0.2, 0.25) is 5.02 Å². The summed E-state index contributed by atoms with van der Waals surface area (Å²) in [5.41, 5.74) is 8.49. The molecule has 5 heteroatoms. The lowest BCUT2D eigenvalue weighted by molar-refractivity contribution is -0.355. The lowest BCUT2D eigenvalue weighted by atomic mass is 10.1. The number of carbonyl (C=O) groups is 1. The van der Waals surface area contributed by atoms with Crippen molar-refractivity contribution in [2.24, 2.45) is 5.92 Å². The lowest BCUT2D eigenvalue weighted by Gasteiger charge is -1.99. The van der Waals surface area contributed by atoms with Crippen LogP contribution in [0.1, 0.15) is 34.8 Å². The molecule has 3 N–H and O–H groups in total. The van der Waals surface area contributed by atoms with Crippen LogP contribution in [0.3, 0.4) is 0 Å². The van der Waals surface area contributed by atoms with Crippen LogP contribution in [-0.2, 0) is 6.42 Å². The lowest BCUT2D eigenvalue weighted by Crippen LogP contribution is -2.12. The van der Waals surface area contributed by atoms with E-state index in [1.54, 1.807) is 24.3 Å². The van der Waals surface area contributed by atoms with Gasteiger partial charge in [0.2, 0.25) is 5.78 Å². The fourth-order valence-corrected chi connectivity index (χ4v) is 3.78. The van der Waals surface area contributed by atoms with E-state index in [-0.39, 0.29) is 5.78 Å². The number of thiophene rings is 1. The molecule has 2 aromatic heterocycles. The smallest absolute Gasteiger partial charge is 0.270 e. The number of H-pyrrole nitrogens is 1. The average molecular weight is 346 g/mol. The molecule has 0 atom stereocenters. The minimum Gasteiger partial charge on any atom is -0.397 e. The van der Waals surface area contributed by atoms with Crippen LogP contribution in [-0.4, -0.2) is 5.78 Å². The van der Waals surface area contributed by atoms with Gasteiger partial charge in [0.1, 0.15) is 4.88 Å². The van der Waals surface area contributed by atoms with Crippen molar-refractivity contribution >= 4 is 44.6 Å². The standard InChI is InChI=1S/C18H17ClN2OS/c1-10(2)9-13-7-8-14-15(20)17(23-18(14)21-13)16(22)11-3-5-12(19)6-4-11/h3-8,10H,9,20H2,1-2H3/p+1. The molecule has 0 bridgehead atoms. The molecule has 0 fully saturated rings. The van der Waals surface area contributed by atoms with E-state index in [0.717, 1.165) is 22.3 Å². The van der Waals surface area contributed by atoms with Gasteiger partial charge in [0.15, 0.2) is 5.69 Å². The normalized spacial score (nSPS) is 11.3. The molecule has 1 aromatic carbocycles. The number of hydrogen-bond acceptors (Lipinski definition) is 3. The molecule has 0 amide bonds. The number of aromatic nitrogens is 1. The zero-order chi connectivity index (χ0) is 16.6. The predicted molar refractivity (Wildman–Crippen MR) is 96.2 cm³/mol. The number of pyridine rings is 1. The first-order valence-electron chi connectivity index (χ1n) is 7.49. The number of benzene rings is 1. The molecule has 3 nitrogen and oxygen atoms in total. The highest BCUT2D eigenvalue weighted by Crippen LogP contribution is 2.33. The molecule has 0 aliphatic rings. The molecule has 0 radical (unpaired) electrons. The van der Waals surface area contributed by atoms with Gasteiger partial charge in [-0.05, 0) is 36.2 Å². The molecule has 0 aliphatic carbocycles. The summed E-state index contributed by atoms with van der Waals surface area (Å²) in [4.78, 5) is 17.6. The molecule has 3 rings (SSSR count). The fraction of sp³-hybridized carbons (Fsp3) is 0.222. The Bertz CT molecular complexity index is 869. The summed E-state index contributed by atoms with van der Waals surface area (Å²) in [6.45, 7) is 4.35. The van der Waals surface area contributed by atoms with E-state index in [2.05, 4.69) is 18.8 Å². The third kappa shape index (κ3) is 3.23. The van der Waals surface area contributed by atoms with Gasteiger partial charge in [0.25, 0.3) is 4.83 Å². The van der Waals surface area contributed by atoms with Gasteiger partial charge in [0, 0.05) is 23.1 Å². The summed E-state index contributed by atoms with van der Waals surface area (Å²) in [5.74, 6) is 0.496. The highest BCUT2D eigenvalue weighted by atomic mass is 35.5. The molecule has 0 spiro atoms. The van der Waals surface area contributed by atoms with Crippen LogP contribution in [0.15, 0.2) is 36.4 Å². The molecule has 118 valence electrons. The number of fused-ring (bicyclic) bond motifs is 1. The average Bonchev–Trinajstić information content (AvgIpc) is 2.83. The topological polar surface area (TPSA) is 57.2 Å². The molecule has 23 heavy (non-hydrogen) atoms. The molecule has 0 saturated heterocycles. The van der Waals surface area contributed by atoms with E-state index in [4.69, 9.17) is 17.3 Å². The zero-order valence-electron chi connectivity index (χ0n) is 13.0. The number of hydrogen-bond donors (Lipinski definition) is 1. The van der Waals surface area contributed by atoms with Crippen LogP contribution < -0.4 is 10.7 Å². The van der Waals surface area contributed by atoms with E-state index < -0.39 is 0 Å². The van der Waals surface area contributed by atoms with Crippen molar-refractivity contribution in [1.82, 2.24) is 0 Å². The van der Waals surface area contributed by atoms with E-state index in [1.165, 1.54) is 11.3 Å². The van der Waals surface area contributed by atoms with Crippen LogP contribution in [0, 0.1) is 5.92 Å². The van der Waals surface area contributed by atoms with Gasteiger partial charge < -0.3 is 5.73 Å². The maximum absolute atomic E-state index is 12.7. The summed E-state index contributed by atoms with van der Waals surface area (Å²) < 4.78 is 0. The van der Waals surface area contributed by atoms with Crippen molar-refractivity contribution < 1.29 is 9.78 Å². The van der Waals surface area contributed by atoms with Crippen LogP contribution in [0.25, 0.3) is 10.2 Å². The Kier molecular flexibility index (Phi) is 4.37. The second-order valence-electron chi connectivity index (χ2n) is 6.01. The first-order valence-corrected chi connectivity index (χ1v) is 8.68. The maximum Gasteiger partial charge on any atom is 0.270 e. The molecule has 0 unspecified atom stereocenters. The van der Waals surface area contributed by atoms with Crippen molar-refractivity contribution in [3.63, 3.8) is 0 Å². The van der Waals surface area contributed by atoms with Gasteiger partial charge in [-0.1, -0.05) is 36.8 Å². The van der Waals surface area contributed by atoms with Crippen LogP contribution in [0.4, 0.5) is 5.69 Å². The minimum atomic E-state index is -0.0702. The Balaban J connectivity index is 2.02. The molecular formula is C18H18ClN2OS+. The van der Waals surface area contributed by atoms with Crippen molar-refractivity contribution in [1.29, 1.82) is 0 Å². The van der Waals surface area contributed by atoms with Gasteiger partial charge in [-0.2, -0.15) is 4.98 Å². The number of ketones is 1. The van der Waals surface area contributed by atoms with E-state index in [9.17, 15) is 4.79 Å². The second-order valence-corrected chi connectivity index (χ2v) is 7.46. The van der Waals surface area contributed by atoms with E-state index >= 15 is 0 Å². The Hall–Kier alpha value is -1.91. The zero-order valence-corrected chi connectivity index (χ0v) is 14.6. The van der Waals surface area contributed by atoms with Gasteiger partial charge in [0.05, 0.1) is 11.1 Å². The summed E-state index contributed by atoms with van der Waals surface area (Å²) in [5, 5.41) is 1.51. The van der Waals surface area contributed by atoms with Crippen molar-refractivity contribution in [2.75, 3.05) is 5.73 Å². The SMILES string of the molecule is CC(C)Cc1ccc2c(N)c(C(=O)c3ccc(Cl)cc3)sc2[nH+]1. The molecule has 0 saturated carbocycles. The number of nitrogen functional groups attached to an aromatic ring is 1.